The molecule has 3 nitrogen and oxygen atoms in total. The Morgan fingerprint density at radius 3 is 3.12 bits per heavy atom. The molecule has 1 aromatic carbocycles. The molecule has 0 amide bonds. The Labute approximate surface area is 97.7 Å². The first kappa shape index (κ1) is 9.42. The van der Waals surface area contributed by atoms with Gasteiger partial charge < -0.3 is 4.84 Å². The van der Waals surface area contributed by atoms with Gasteiger partial charge in [0.1, 0.15) is 0 Å². The van der Waals surface area contributed by atoms with Gasteiger partial charge in [-0.05, 0) is 35.8 Å². The number of aromatic nitrogens is 1. The summed E-state index contributed by atoms with van der Waals surface area (Å²) in [6, 6.07) is 10.4. The van der Waals surface area contributed by atoms with Crippen LogP contribution in [0, 0.1) is 6.07 Å². The topological polar surface area (TPSA) is 25.4 Å². The van der Waals surface area contributed by atoms with Crippen LogP contribution in [0.1, 0.15) is 10.4 Å². The Morgan fingerprint density at radius 1 is 1.38 bits per heavy atom. The Balaban J connectivity index is 1.75. The van der Waals surface area contributed by atoms with Gasteiger partial charge in [0.25, 0.3) is 0 Å². The Hall–Kier alpha value is -1.81. The van der Waals surface area contributed by atoms with Crippen LogP contribution >= 0.6 is 11.5 Å². The zero-order valence-electron chi connectivity index (χ0n) is 8.46. The molecule has 1 aromatic heterocycles. The van der Waals surface area contributed by atoms with E-state index in [1.54, 1.807) is 5.06 Å². The number of fused-ring (bicyclic) bond motifs is 1. The fourth-order valence-electron chi connectivity index (χ4n) is 1.53. The van der Waals surface area contributed by atoms with Crippen LogP contribution in [-0.2, 0) is 6.54 Å². The third-order valence-electron chi connectivity index (χ3n) is 2.30. The third-order valence-corrected chi connectivity index (χ3v) is 3.11. The standard InChI is InChI=1S/C12H9N2OS/c1-2-4-11(5-3-1)15-14-7-6-12-10(9-14)8-13-16-12/h2-8H,9H2. The maximum atomic E-state index is 5.68. The van der Waals surface area contributed by atoms with Gasteiger partial charge in [-0.2, -0.15) is 0 Å². The zero-order valence-corrected chi connectivity index (χ0v) is 9.28. The molecule has 0 unspecified atom stereocenters. The van der Waals surface area contributed by atoms with E-state index in [9.17, 15) is 0 Å². The van der Waals surface area contributed by atoms with Gasteiger partial charge in [-0.3, -0.25) is 0 Å². The lowest BCUT2D eigenvalue weighted by Gasteiger charge is -2.22. The van der Waals surface area contributed by atoms with Crippen LogP contribution in [-0.4, -0.2) is 9.44 Å². The highest BCUT2D eigenvalue weighted by Gasteiger charge is 2.13. The van der Waals surface area contributed by atoms with Gasteiger partial charge >= 0.3 is 0 Å². The van der Waals surface area contributed by atoms with E-state index in [0.717, 1.165) is 12.3 Å². The number of benzene rings is 1. The van der Waals surface area contributed by atoms with Crippen molar-refractivity contribution < 1.29 is 4.84 Å². The quantitative estimate of drug-likeness (QED) is 0.791. The summed E-state index contributed by atoms with van der Waals surface area (Å²) in [7, 11) is 0. The molecule has 4 heteroatoms. The van der Waals surface area contributed by atoms with E-state index >= 15 is 0 Å². The second kappa shape index (κ2) is 3.98. The van der Waals surface area contributed by atoms with Gasteiger partial charge in [-0.15, -0.1) is 0 Å². The van der Waals surface area contributed by atoms with Crippen molar-refractivity contribution in [2.24, 2.45) is 0 Å². The molecule has 0 N–H and O–H groups in total. The van der Waals surface area contributed by atoms with E-state index in [2.05, 4.69) is 10.4 Å². The lowest BCUT2D eigenvalue weighted by molar-refractivity contribution is -0.0160. The number of hydrogen-bond acceptors (Lipinski definition) is 4. The van der Waals surface area contributed by atoms with E-state index in [1.807, 2.05) is 42.7 Å². The molecule has 0 atom stereocenters. The van der Waals surface area contributed by atoms with Crippen molar-refractivity contribution in [1.82, 2.24) is 9.44 Å². The maximum Gasteiger partial charge on any atom is 0.155 e. The summed E-state index contributed by atoms with van der Waals surface area (Å²) in [5.74, 6) is 0.815. The van der Waals surface area contributed by atoms with Gasteiger partial charge in [-0.1, -0.05) is 12.1 Å². The molecule has 3 rings (SSSR count). The summed E-state index contributed by atoms with van der Waals surface area (Å²) in [6.07, 6.45) is 5.83. The maximum absolute atomic E-state index is 5.68. The van der Waals surface area contributed by atoms with E-state index in [1.165, 1.54) is 22.0 Å². The van der Waals surface area contributed by atoms with E-state index < -0.39 is 0 Å². The van der Waals surface area contributed by atoms with Crippen molar-refractivity contribution in [3.05, 3.63) is 53.2 Å². The molecule has 0 fully saturated rings. The Kier molecular flexibility index (Phi) is 2.34. The first-order valence-electron chi connectivity index (χ1n) is 4.94. The molecular weight excluding hydrogens is 220 g/mol. The smallest absolute Gasteiger partial charge is 0.155 e. The first-order chi connectivity index (χ1) is 7.92. The van der Waals surface area contributed by atoms with E-state index in [0.29, 0.717) is 0 Å². The van der Waals surface area contributed by atoms with Crippen LogP contribution in [0.25, 0.3) is 6.08 Å². The fraction of sp³-hybridized carbons (Fsp3) is 0.0833. The molecule has 0 saturated heterocycles. The molecule has 16 heavy (non-hydrogen) atoms. The Bertz CT molecular complexity index is 507. The monoisotopic (exact) mass is 229 g/mol. The highest BCUT2D eigenvalue weighted by atomic mass is 32.1. The van der Waals surface area contributed by atoms with Crippen LogP contribution in [0.15, 0.2) is 36.7 Å². The van der Waals surface area contributed by atoms with Gasteiger partial charge in [0.2, 0.25) is 0 Å². The SMILES string of the molecule is [c]1ccc(ON2C=Cc3sncc3C2)cc1. The lowest BCUT2D eigenvalue weighted by atomic mass is 10.2. The fourth-order valence-corrected chi connectivity index (χ4v) is 2.18. The molecule has 0 aliphatic carbocycles. The number of hydroxylamine groups is 2. The summed E-state index contributed by atoms with van der Waals surface area (Å²) in [5, 5.41) is 1.80. The third kappa shape index (κ3) is 1.79. The summed E-state index contributed by atoms with van der Waals surface area (Å²) >= 11 is 1.51. The van der Waals surface area contributed by atoms with Crippen molar-refractivity contribution in [1.29, 1.82) is 0 Å². The molecule has 2 heterocycles. The number of hydrogen-bond donors (Lipinski definition) is 0. The van der Waals surface area contributed by atoms with Crippen molar-refractivity contribution in [3.8, 4) is 5.75 Å². The summed E-state index contributed by atoms with van der Waals surface area (Å²) < 4.78 is 4.15. The molecule has 1 aliphatic heterocycles. The predicted octanol–water partition coefficient (Wildman–Crippen LogP) is 2.72. The van der Waals surface area contributed by atoms with Crippen LogP contribution in [0.2, 0.25) is 0 Å². The van der Waals surface area contributed by atoms with Gasteiger partial charge in [0.15, 0.2) is 5.75 Å². The van der Waals surface area contributed by atoms with Crippen LogP contribution in [0.4, 0.5) is 0 Å². The number of rotatable bonds is 2. The largest absolute Gasteiger partial charge is 0.380 e. The minimum Gasteiger partial charge on any atom is -0.380 e. The molecular formula is C12H9N2OS. The summed E-state index contributed by atoms with van der Waals surface area (Å²) in [6.45, 7) is 0.737. The minimum absolute atomic E-state index is 0.737. The molecule has 0 saturated carbocycles. The Morgan fingerprint density at radius 2 is 2.25 bits per heavy atom. The molecule has 79 valence electrons. The van der Waals surface area contributed by atoms with Crippen molar-refractivity contribution >= 4 is 17.6 Å². The van der Waals surface area contributed by atoms with Crippen LogP contribution < -0.4 is 4.84 Å². The second-order valence-electron chi connectivity index (χ2n) is 3.43. The van der Waals surface area contributed by atoms with Crippen LogP contribution in [0.3, 0.4) is 0 Å². The van der Waals surface area contributed by atoms with E-state index in [-0.39, 0.29) is 0 Å². The van der Waals surface area contributed by atoms with Crippen molar-refractivity contribution in [3.63, 3.8) is 0 Å². The normalized spacial score (nSPS) is 13.6. The summed E-state index contributed by atoms with van der Waals surface area (Å²) in [5.41, 5.74) is 1.20. The van der Waals surface area contributed by atoms with Crippen molar-refractivity contribution in [2.45, 2.75) is 6.54 Å². The molecule has 1 aliphatic rings. The highest BCUT2D eigenvalue weighted by Crippen LogP contribution is 2.23. The van der Waals surface area contributed by atoms with Gasteiger partial charge in [0, 0.05) is 18.0 Å². The summed E-state index contributed by atoms with van der Waals surface area (Å²) in [4.78, 5) is 6.89. The second-order valence-corrected chi connectivity index (χ2v) is 4.27. The molecule has 1 radical (unpaired) electrons. The molecule has 0 spiro atoms. The van der Waals surface area contributed by atoms with Crippen molar-refractivity contribution in [2.75, 3.05) is 0 Å². The first-order valence-corrected chi connectivity index (χ1v) is 5.72. The number of nitrogens with zero attached hydrogens (tertiary/aromatic N) is 2. The lowest BCUT2D eigenvalue weighted by Crippen LogP contribution is -2.22. The van der Waals surface area contributed by atoms with Gasteiger partial charge in [-0.25, -0.2) is 9.44 Å². The van der Waals surface area contributed by atoms with Gasteiger partial charge in [0.05, 0.1) is 11.4 Å². The zero-order chi connectivity index (χ0) is 10.8. The van der Waals surface area contributed by atoms with E-state index in [4.69, 9.17) is 4.84 Å². The predicted molar refractivity (Wildman–Crippen MR) is 62.6 cm³/mol. The molecule has 0 bridgehead atoms. The van der Waals surface area contributed by atoms with Crippen LogP contribution in [0.5, 0.6) is 5.75 Å². The average molecular weight is 229 g/mol. The molecule has 2 aromatic rings. The highest BCUT2D eigenvalue weighted by molar-refractivity contribution is 7.06. The minimum atomic E-state index is 0.737. The average Bonchev–Trinajstić information content (AvgIpc) is 2.77.